The zero-order valence-electron chi connectivity index (χ0n) is 18.0. The molecule has 30 heavy (non-hydrogen) atoms. The molecule has 1 atom stereocenters. The molecule has 0 saturated heterocycles. The molecule has 1 unspecified atom stereocenters. The third-order valence-electron chi connectivity index (χ3n) is 6.60. The van der Waals surface area contributed by atoms with E-state index in [9.17, 15) is 0 Å². The average molecular weight is 389 g/mol. The van der Waals surface area contributed by atoms with E-state index in [-0.39, 0.29) is 5.41 Å². The largest absolute Gasteiger partial charge is 0.0804 e. The molecule has 0 aromatic heterocycles. The summed E-state index contributed by atoms with van der Waals surface area (Å²) < 4.78 is 0. The summed E-state index contributed by atoms with van der Waals surface area (Å²) in [7, 11) is 0. The van der Waals surface area contributed by atoms with Gasteiger partial charge in [0.1, 0.15) is 0 Å². The summed E-state index contributed by atoms with van der Waals surface area (Å²) in [5.74, 6) is 0.448. The van der Waals surface area contributed by atoms with E-state index in [2.05, 4.69) is 104 Å². The summed E-state index contributed by atoms with van der Waals surface area (Å²) in [5.41, 5.74) is 11.0. The summed E-state index contributed by atoms with van der Waals surface area (Å²) in [4.78, 5) is 0. The van der Waals surface area contributed by atoms with Crippen molar-refractivity contribution in [1.29, 1.82) is 0 Å². The van der Waals surface area contributed by atoms with Gasteiger partial charge in [0, 0.05) is 0 Å². The van der Waals surface area contributed by atoms with E-state index in [1.54, 1.807) is 0 Å². The number of fused-ring (bicyclic) bond motifs is 8. The Hall–Kier alpha value is -3.12. The lowest BCUT2D eigenvalue weighted by Crippen LogP contribution is -2.27. The van der Waals surface area contributed by atoms with E-state index >= 15 is 0 Å². The van der Waals surface area contributed by atoms with Crippen LogP contribution < -0.4 is 0 Å². The molecule has 148 valence electrons. The van der Waals surface area contributed by atoms with Gasteiger partial charge in [-0.2, -0.15) is 0 Å². The highest BCUT2D eigenvalue weighted by molar-refractivity contribution is 5.91. The standard InChI is InChI=1S/C28H22.C2H6/c1-19-15-17-23-22-9-3-2-4-12-24(22)28(27(23)18-16-19)25-13-7-5-10-20(25)21-11-6-8-14-26(21)28;1-2/h3-19H,2H2,1H3;1-2H3. The summed E-state index contributed by atoms with van der Waals surface area (Å²) in [6.07, 6.45) is 19.8. The van der Waals surface area contributed by atoms with Crippen LogP contribution in [0, 0.1) is 5.92 Å². The predicted octanol–water partition coefficient (Wildman–Crippen LogP) is 7.86. The lowest BCUT2D eigenvalue weighted by Gasteiger charge is -2.32. The molecular weight excluding hydrogens is 360 g/mol. The SMILES string of the molecule is CC.CC1C=CC2=C(C=C1)C1(C3=C2C=CCC=C3)c2ccccc2-c2ccccc21. The molecule has 0 fully saturated rings. The number of allylic oxidation sites excluding steroid dienone is 12. The highest BCUT2D eigenvalue weighted by Gasteiger charge is 2.52. The summed E-state index contributed by atoms with van der Waals surface area (Å²) in [5, 5.41) is 0. The first-order valence-corrected chi connectivity index (χ1v) is 11.2. The molecule has 4 aliphatic rings. The molecule has 4 aliphatic carbocycles. The third-order valence-corrected chi connectivity index (χ3v) is 6.60. The van der Waals surface area contributed by atoms with Gasteiger partial charge >= 0.3 is 0 Å². The first-order chi connectivity index (χ1) is 14.8. The Kier molecular flexibility index (Phi) is 4.59. The summed E-state index contributed by atoms with van der Waals surface area (Å²) in [6, 6.07) is 18.0. The zero-order chi connectivity index (χ0) is 20.7. The maximum absolute atomic E-state index is 2.40. The smallest absolute Gasteiger partial charge is 0.0725 e. The van der Waals surface area contributed by atoms with Gasteiger partial charge in [-0.15, -0.1) is 0 Å². The van der Waals surface area contributed by atoms with Crippen LogP contribution >= 0.6 is 0 Å². The van der Waals surface area contributed by atoms with Crippen molar-refractivity contribution in [3.63, 3.8) is 0 Å². The van der Waals surface area contributed by atoms with Crippen molar-refractivity contribution in [1.82, 2.24) is 0 Å². The maximum atomic E-state index is 2.40. The second-order valence-corrected chi connectivity index (χ2v) is 8.11. The van der Waals surface area contributed by atoms with Crippen molar-refractivity contribution >= 4 is 0 Å². The van der Waals surface area contributed by atoms with Crippen LogP contribution in [0.5, 0.6) is 0 Å². The van der Waals surface area contributed by atoms with Gasteiger partial charge in [-0.1, -0.05) is 118 Å². The van der Waals surface area contributed by atoms with Gasteiger partial charge in [0.25, 0.3) is 0 Å². The fourth-order valence-electron chi connectivity index (χ4n) is 5.45. The summed E-state index contributed by atoms with van der Waals surface area (Å²) >= 11 is 0. The second-order valence-electron chi connectivity index (χ2n) is 8.11. The minimum Gasteiger partial charge on any atom is -0.0804 e. The molecule has 6 rings (SSSR count). The Morgan fingerprint density at radius 3 is 1.90 bits per heavy atom. The minimum atomic E-state index is -0.214. The van der Waals surface area contributed by atoms with Crippen LogP contribution in [0.3, 0.4) is 0 Å². The molecule has 1 spiro atoms. The van der Waals surface area contributed by atoms with Crippen molar-refractivity contribution in [2.75, 3.05) is 0 Å². The molecule has 0 N–H and O–H groups in total. The molecular formula is C30H28. The van der Waals surface area contributed by atoms with Gasteiger partial charge in [0.2, 0.25) is 0 Å². The van der Waals surface area contributed by atoms with Crippen LogP contribution in [0.2, 0.25) is 0 Å². The molecule has 0 bridgehead atoms. The molecule has 0 nitrogen and oxygen atoms in total. The molecule has 0 radical (unpaired) electrons. The van der Waals surface area contributed by atoms with Crippen LogP contribution in [0.4, 0.5) is 0 Å². The van der Waals surface area contributed by atoms with E-state index in [0.717, 1.165) is 6.42 Å². The van der Waals surface area contributed by atoms with Gasteiger partial charge in [0.05, 0.1) is 5.41 Å². The van der Waals surface area contributed by atoms with Crippen molar-refractivity contribution < 1.29 is 0 Å². The first kappa shape index (κ1) is 18.9. The molecule has 0 amide bonds. The van der Waals surface area contributed by atoms with Crippen molar-refractivity contribution in [3.8, 4) is 11.1 Å². The Morgan fingerprint density at radius 1 is 0.667 bits per heavy atom. The quantitative estimate of drug-likeness (QED) is 0.431. The molecule has 0 heteroatoms. The molecule has 0 saturated carbocycles. The zero-order valence-corrected chi connectivity index (χ0v) is 18.0. The van der Waals surface area contributed by atoms with Crippen molar-refractivity contribution in [2.45, 2.75) is 32.6 Å². The predicted molar refractivity (Wildman–Crippen MR) is 128 cm³/mol. The first-order valence-electron chi connectivity index (χ1n) is 11.2. The Bertz CT molecular complexity index is 1140. The lowest BCUT2D eigenvalue weighted by molar-refractivity contribution is 0.777. The number of hydrogen-bond donors (Lipinski definition) is 0. The van der Waals surface area contributed by atoms with E-state index < -0.39 is 0 Å². The van der Waals surface area contributed by atoms with E-state index in [1.807, 2.05) is 13.8 Å². The topological polar surface area (TPSA) is 0 Å². The van der Waals surface area contributed by atoms with Crippen molar-refractivity contribution in [2.24, 2.45) is 5.92 Å². The maximum Gasteiger partial charge on any atom is 0.0725 e. The molecule has 2 aromatic carbocycles. The van der Waals surface area contributed by atoms with Gasteiger partial charge in [0.15, 0.2) is 0 Å². The summed E-state index contributed by atoms with van der Waals surface area (Å²) in [6.45, 7) is 6.26. The molecule has 0 heterocycles. The highest BCUT2D eigenvalue weighted by atomic mass is 14.5. The van der Waals surface area contributed by atoms with Gasteiger partial charge in [-0.25, -0.2) is 0 Å². The van der Waals surface area contributed by atoms with Crippen LogP contribution in [0.1, 0.15) is 38.3 Å². The lowest BCUT2D eigenvalue weighted by atomic mass is 9.68. The Morgan fingerprint density at radius 2 is 1.20 bits per heavy atom. The van der Waals surface area contributed by atoms with Crippen molar-refractivity contribution in [3.05, 3.63) is 131 Å². The monoisotopic (exact) mass is 388 g/mol. The van der Waals surface area contributed by atoms with Crippen LogP contribution in [0.15, 0.2) is 119 Å². The normalized spacial score (nSPS) is 21.5. The van der Waals surface area contributed by atoms with E-state index in [4.69, 9.17) is 0 Å². The third kappa shape index (κ3) is 2.40. The van der Waals surface area contributed by atoms with Crippen LogP contribution in [-0.4, -0.2) is 0 Å². The number of benzene rings is 2. The molecule has 0 aliphatic heterocycles. The fraction of sp³-hybridized carbons (Fsp3) is 0.200. The van der Waals surface area contributed by atoms with Gasteiger partial charge < -0.3 is 0 Å². The number of rotatable bonds is 0. The van der Waals surface area contributed by atoms with Crippen LogP contribution in [-0.2, 0) is 5.41 Å². The Balaban J connectivity index is 0.000000937. The highest BCUT2D eigenvalue weighted by Crippen LogP contribution is 2.62. The van der Waals surface area contributed by atoms with Gasteiger partial charge in [-0.3, -0.25) is 0 Å². The molecule has 2 aromatic rings. The Labute approximate surface area is 180 Å². The van der Waals surface area contributed by atoms with E-state index in [1.165, 1.54) is 44.5 Å². The van der Waals surface area contributed by atoms with E-state index in [0.29, 0.717) is 5.92 Å². The fourth-order valence-corrected chi connectivity index (χ4v) is 5.45. The minimum absolute atomic E-state index is 0.214. The van der Waals surface area contributed by atoms with Gasteiger partial charge in [-0.05, 0) is 56.9 Å². The average Bonchev–Trinajstić information content (AvgIpc) is 2.98. The second kappa shape index (κ2) is 7.29. The van der Waals surface area contributed by atoms with Crippen LogP contribution in [0.25, 0.3) is 11.1 Å². The number of hydrogen-bond acceptors (Lipinski definition) is 0.